The number of hydrogen-bond donors (Lipinski definition) is 1. The molecule has 2 unspecified atom stereocenters. The molecule has 0 bridgehead atoms. The van der Waals surface area contributed by atoms with Crippen LogP contribution in [0, 0.1) is 11.8 Å². The standard InChI is InChI=1S/C14H28N2O/c1-11(2)12(3)14(17)16-10-6-5-7-13(16)8-9-15-4/h11-13,15H,5-10H2,1-4H3. The lowest BCUT2D eigenvalue weighted by molar-refractivity contribution is -0.140. The highest BCUT2D eigenvalue weighted by Gasteiger charge is 2.30. The molecule has 0 aromatic rings. The van der Waals surface area contributed by atoms with Crippen molar-refractivity contribution in [2.45, 2.75) is 52.5 Å². The third kappa shape index (κ3) is 3.98. The second-order valence-electron chi connectivity index (χ2n) is 5.61. The molecule has 1 fully saturated rings. The predicted molar refractivity (Wildman–Crippen MR) is 71.9 cm³/mol. The largest absolute Gasteiger partial charge is 0.339 e. The van der Waals surface area contributed by atoms with E-state index in [0.29, 0.717) is 17.9 Å². The fourth-order valence-corrected chi connectivity index (χ4v) is 2.45. The third-order valence-corrected chi connectivity index (χ3v) is 4.03. The van der Waals surface area contributed by atoms with Crippen molar-refractivity contribution in [1.29, 1.82) is 0 Å². The van der Waals surface area contributed by atoms with E-state index in [1.54, 1.807) is 0 Å². The van der Waals surface area contributed by atoms with E-state index in [1.807, 2.05) is 7.05 Å². The van der Waals surface area contributed by atoms with Gasteiger partial charge in [0.25, 0.3) is 0 Å². The van der Waals surface area contributed by atoms with Crippen LogP contribution in [0.15, 0.2) is 0 Å². The first-order valence-corrected chi connectivity index (χ1v) is 7.03. The summed E-state index contributed by atoms with van der Waals surface area (Å²) in [5.41, 5.74) is 0. The van der Waals surface area contributed by atoms with Crippen LogP contribution in [0.3, 0.4) is 0 Å². The van der Waals surface area contributed by atoms with E-state index in [1.165, 1.54) is 19.3 Å². The number of hydrogen-bond acceptors (Lipinski definition) is 2. The maximum absolute atomic E-state index is 12.4. The zero-order chi connectivity index (χ0) is 12.8. The molecule has 3 heteroatoms. The molecule has 0 aromatic carbocycles. The number of amides is 1. The molecule has 0 radical (unpaired) electrons. The maximum atomic E-state index is 12.4. The van der Waals surface area contributed by atoms with Crippen LogP contribution in [0.4, 0.5) is 0 Å². The lowest BCUT2D eigenvalue weighted by Crippen LogP contribution is -2.47. The molecular formula is C14H28N2O. The van der Waals surface area contributed by atoms with Gasteiger partial charge in [-0.3, -0.25) is 4.79 Å². The molecule has 100 valence electrons. The summed E-state index contributed by atoms with van der Waals surface area (Å²) in [6.45, 7) is 8.30. The summed E-state index contributed by atoms with van der Waals surface area (Å²) in [5.74, 6) is 0.959. The molecule has 17 heavy (non-hydrogen) atoms. The van der Waals surface area contributed by atoms with E-state index >= 15 is 0 Å². The number of rotatable bonds is 5. The predicted octanol–water partition coefficient (Wildman–Crippen LogP) is 2.27. The van der Waals surface area contributed by atoms with E-state index in [0.717, 1.165) is 19.5 Å². The summed E-state index contributed by atoms with van der Waals surface area (Å²) in [5, 5.41) is 3.19. The number of likely N-dealkylation sites (tertiary alicyclic amines) is 1. The molecule has 0 aliphatic carbocycles. The van der Waals surface area contributed by atoms with Gasteiger partial charge >= 0.3 is 0 Å². The molecule has 1 aliphatic heterocycles. The molecule has 1 rings (SSSR count). The van der Waals surface area contributed by atoms with Gasteiger partial charge in [0.1, 0.15) is 0 Å². The Kier molecular flexibility index (Phi) is 5.96. The summed E-state index contributed by atoms with van der Waals surface area (Å²) >= 11 is 0. The zero-order valence-electron chi connectivity index (χ0n) is 11.8. The maximum Gasteiger partial charge on any atom is 0.225 e. The van der Waals surface area contributed by atoms with Crippen LogP contribution in [-0.2, 0) is 4.79 Å². The molecule has 3 nitrogen and oxygen atoms in total. The molecule has 1 N–H and O–H groups in total. The van der Waals surface area contributed by atoms with Gasteiger partial charge < -0.3 is 10.2 Å². The van der Waals surface area contributed by atoms with E-state index in [4.69, 9.17) is 0 Å². The third-order valence-electron chi connectivity index (χ3n) is 4.03. The molecule has 0 saturated carbocycles. The van der Waals surface area contributed by atoms with Crippen molar-refractivity contribution in [2.24, 2.45) is 11.8 Å². The Morgan fingerprint density at radius 3 is 2.65 bits per heavy atom. The topological polar surface area (TPSA) is 32.3 Å². The highest BCUT2D eigenvalue weighted by Crippen LogP contribution is 2.23. The van der Waals surface area contributed by atoms with Gasteiger partial charge in [-0.2, -0.15) is 0 Å². The monoisotopic (exact) mass is 240 g/mol. The normalized spacial score (nSPS) is 22.9. The quantitative estimate of drug-likeness (QED) is 0.799. The van der Waals surface area contributed by atoms with E-state index in [-0.39, 0.29) is 5.92 Å². The minimum absolute atomic E-state index is 0.158. The first-order valence-electron chi connectivity index (χ1n) is 7.03. The fourth-order valence-electron chi connectivity index (χ4n) is 2.45. The molecule has 1 amide bonds. The number of carbonyl (C=O) groups is 1. The lowest BCUT2D eigenvalue weighted by Gasteiger charge is -2.38. The van der Waals surface area contributed by atoms with Gasteiger partial charge in [-0.25, -0.2) is 0 Å². The molecular weight excluding hydrogens is 212 g/mol. The van der Waals surface area contributed by atoms with Crippen molar-refractivity contribution in [3.05, 3.63) is 0 Å². The van der Waals surface area contributed by atoms with E-state index in [2.05, 4.69) is 31.0 Å². The van der Waals surface area contributed by atoms with Crippen LogP contribution >= 0.6 is 0 Å². The minimum Gasteiger partial charge on any atom is -0.339 e. The van der Waals surface area contributed by atoms with E-state index < -0.39 is 0 Å². The summed E-state index contributed by atoms with van der Waals surface area (Å²) in [6, 6.07) is 0.463. The van der Waals surface area contributed by atoms with Gasteiger partial charge in [0, 0.05) is 18.5 Å². The molecule has 1 saturated heterocycles. The van der Waals surface area contributed by atoms with Gasteiger partial charge in [0.05, 0.1) is 0 Å². The van der Waals surface area contributed by atoms with Crippen molar-refractivity contribution >= 4 is 5.91 Å². The van der Waals surface area contributed by atoms with Crippen molar-refractivity contribution in [3.8, 4) is 0 Å². The summed E-state index contributed by atoms with van der Waals surface area (Å²) in [6.07, 6.45) is 4.71. The van der Waals surface area contributed by atoms with Crippen molar-refractivity contribution in [3.63, 3.8) is 0 Å². The van der Waals surface area contributed by atoms with Gasteiger partial charge in [0.2, 0.25) is 5.91 Å². The van der Waals surface area contributed by atoms with E-state index in [9.17, 15) is 4.79 Å². The highest BCUT2D eigenvalue weighted by atomic mass is 16.2. The van der Waals surface area contributed by atoms with Gasteiger partial charge in [-0.05, 0) is 45.2 Å². The second-order valence-corrected chi connectivity index (χ2v) is 5.61. The first kappa shape index (κ1) is 14.5. The Hall–Kier alpha value is -0.570. The Morgan fingerprint density at radius 2 is 2.06 bits per heavy atom. The SMILES string of the molecule is CNCCC1CCCCN1C(=O)C(C)C(C)C. The van der Waals surface area contributed by atoms with Crippen LogP contribution < -0.4 is 5.32 Å². The van der Waals surface area contributed by atoms with Crippen LogP contribution in [0.2, 0.25) is 0 Å². The number of carbonyl (C=O) groups excluding carboxylic acids is 1. The summed E-state index contributed by atoms with van der Waals surface area (Å²) in [4.78, 5) is 14.6. The van der Waals surface area contributed by atoms with Crippen LogP contribution in [0.1, 0.15) is 46.5 Å². The van der Waals surface area contributed by atoms with Crippen molar-refractivity contribution < 1.29 is 4.79 Å². The Bertz CT molecular complexity index is 240. The van der Waals surface area contributed by atoms with Gasteiger partial charge in [-0.15, -0.1) is 0 Å². The highest BCUT2D eigenvalue weighted by molar-refractivity contribution is 5.79. The summed E-state index contributed by atoms with van der Waals surface area (Å²) in [7, 11) is 1.98. The Labute approximate surface area is 106 Å². The average Bonchev–Trinajstić information content (AvgIpc) is 2.34. The number of nitrogens with one attached hydrogen (secondary N) is 1. The average molecular weight is 240 g/mol. The van der Waals surface area contributed by atoms with Crippen LogP contribution in [-0.4, -0.2) is 37.0 Å². The molecule has 0 spiro atoms. The smallest absolute Gasteiger partial charge is 0.225 e. The van der Waals surface area contributed by atoms with Crippen molar-refractivity contribution in [1.82, 2.24) is 10.2 Å². The number of piperidine rings is 1. The Morgan fingerprint density at radius 1 is 1.35 bits per heavy atom. The van der Waals surface area contributed by atoms with Crippen LogP contribution in [0.5, 0.6) is 0 Å². The molecule has 1 heterocycles. The molecule has 0 aromatic heterocycles. The summed E-state index contributed by atoms with van der Waals surface area (Å²) < 4.78 is 0. The Balaban J connectivity index is 2.60. The minimum atomic E-state index is 0.158. The second kappa shape index (κ2) is 7.00. The lowest BCUT2D eigenvalue weighted by atomic mass is 9.92. The van der Waals surface area contributed by atoms with Crippen molar-refractivity contribution in [2.75, 3.05) is 20.1 Å². The number of nitrogens with zero attached hydrogens (tertiary/aromatic N) is 1. The first-order chi connectivity index (χ1) is 8.07. The van der Waals surface area contributed by atoms with Crippen LogP contribution in [0.25, 0.3) is 0 Å². The fraction of sp³-hybridized carbons (Fsp3) is 0.929. The zero-order valence-corrected chi connectivity index (χ0v) is 11.8. The molecule has 1 aliphatic rings. The van der Waals surface area contributed by atoms with Gasteiger partial charge in [-0.1, -0.05) is 20.8 Å². The van der Waals surface area contributed by atoms with Gasteiger partial charge in [0.15, 0.2) is 0 Å². The molecule has 2 atom stereocenters.